The van der Waals surface area contributed by atoms with Crippen molar-refractivity contribution in [1.82, 2.24) is 0 Å². The van der Waals surface area contributed by atoms with E-state index < -0.39 is 0 Å². The Balaban J connectivity index is 1.80. The van der Waals surface area contributed by atoms with Crippen LogP contribution < -0.4 is 0 Å². The second-order valence-electron chi connectivity index (χ2n) is 5.26. The minimum atomic E-state index is 0.237. The van der Waals surface area contributed by atoms with Crippen molar-refractivity contribution in [2.75, 3.05) is 6.61 Å². The minimum Gasteiger partial charge on any atom is -0.396 e. The highest BCUT2D eigenvalue weighted by molar-refractivity contribution is 6.30. The van der Waals surface area contributed by atoms with Crippen molar-refractivity contribution in [3.8, 4) is 0 Å². The van der Waals surface area contributed by atoms with Gasteiger partial charge >= 0.3 is 0 Å². The van der Waals surface area contributed by atoms with Gasteiger partial charge in [0.25, 0.3) is 0 Å². The smallest absolute Gasteiger partial charge is 0.0462 e. The van der Waals surface area contributed by atoms with Crippen molar-refractivity contribution < 1.29 is 5.11 Å². The fourth-order valence-corrected chi connectivity index (χ4v) is 2.71. The zero-order valence-electron chi connectivity index (χ0n) is 11.6. The molecule has 2 aromatic rings. The summed E-state index contributed by atoms with van der Waals surface area (Å²) in [5.74, 6) is 0.317. The summed E-state index contributed by atoms with van der Waals surface area (Å²) in [5, 5.41) is 10.3. The minimum absolute atomic E-state index is 0.237. The molecule has 0 aliphatic rings. The molecule has 2 rings (SSSR count). The Morgan fingerprint density at radius 3 is 2.40 bits per heavy atom. The van der Waals surface area contributed by atoms with E-state index in [-0.39, 0.29) is 6.61 Å². The van der Waals surface area contributed by atoms with Crippen LogP contribution in [0.15, 0.2) is 54.6 Å². The summed E-state index contributed by atoms with van der Waals surface area (Å²) in [5.41, 5.74) is 2.57. The van der Waals surface area contributed by atoms with Gasteiger partial charge in [-0.05, 0) is 54.9 Å². The molecule has 0 radical (unpaired) electrons. The van der Waals surface area contributed by atoms with E-state index in [0.29, 0.717) is 5.92 Å². The first-order chi connectivity index (χ1) is 9.78. The van der Waals surface area contributed by atoms with Crippen LogP contribution in [0.4, 0.5) is 0 Å². The van der Waals surface area contributed by atoms with E-state index in [1.54, 1.807) is 0 Å². The molecule has 0 aliphatic carbocycles. The van der Waals surface area contributed by atoms with Crippen molar-refractivity contribution >= 4 is 11.6 Å². The second kappa shape index (κ2) is 8.08. The average Bonchev–Trinajstić information content (AvgIpc) is 2.47. The Hall–Kier alpha value is -1.31. The molecule has 1 atom stereocenters. The molecule has 0 aliphatic heterocycles. The normalized spacial score (nSPS) is 12.3. The molecule has 1 N–H and O–H groups in total. The third-order valence-corrected chi connectivity index (χ3v) is 3.83. The van der Waals surface area contributed by atoms with E-state index in [2.05, 4.69) is 30.3 Å². The fraction of sp³-hybridized carbons (Fsp3) is 0.333. The zero-order valence-corrected chi connectivity index (χ0v) is 12.4. The van der Waals surface area contributed by atoms with E-state index >= 15 is 0 Å². The van der Waals surface area contributed by atoms with Crippen LogP contribution in [0.5, 0.6) is 0 Å². The molecular weight excluding hydrogens is 268 g/mol. The lowest BCUT2D eigenvalue weighted by Gasteiger charge is -2.14. The third-order valence-electron chi connectivity index (χ3n) is 3.59. The van der Waals surface area contributed by atoms with Crippen LogP contribution in [0.25, 0.3) is 0 Å². The molecule has 0 heterocycles. The number of aryl methyl sites for hydroxylation is 1. The molecule has 2 aromatic carbocycles. The molecule has 0 spiro atoms. The number of aliphatic hydroxyl groups excluding tert-OH is 1. The van der Waals surface area contributed by atoms with Gasteiger partial charge in [0.15, 0.2) is 0 Å². The van der Waals surface area contributed by atoms with Crippen LogP contribution in [-0.2, 0) is 12.8 Å². The first-order valence-corrected chi connectivity index (χ1v) is 7.55. The quantitative estimate of drug-likeness (QED) is 0.794. The molecule has 2 heteroatoms. The average molecular weight is 289 g/mol. The van der Waals surface area contributed by atoms with E-state index in [1.165, 1.54) is 11.1 Å². The Morgan fingerprint density at radius 2 is 1.70 bits per heavy atom. The number of halogens is 1. The topological polar surface area (TPSA) is 20.2 Å². The SMILES string of the molecule is OCC(CCCc1ccccc1)Cc1cccc(Cl)c1. The first kappa shape index (κ1) is 15.1. The Labute approximate surface area is 126 Å². The van der Waals surface area contributed by atoms with Gasteiger partial charge in [-0.2, -0.15) is 0 Å². The van der Waals surface area contributed by atoms with Gasteiger partial charge in [-0.25, -0.2) is 0 Å². The molecule has 0 saturated heterocycles. The molecule has 0 fully saturated rings. The first-order valence-electron chi connectivity index (χ1n) is 7.17. The lowest BCUT2D eigenvalue weighted by atomic mass is 9.94. The second-order valence-corrected chi connectivity index (χ2v) is 5.70. The predicted molar refractivity (Wildman–Crippen MR) is 85.1 cm³/mol. The van der Waals surface area contributed by atoms with Crippen molar-refractivity contribution in [1.29, 1.82) is 0 Å². The summed E-state index contributed by atoms with van der Waals surface area (Å²) in [6, 6.07) is 18.4. The molecule has 20 heavy (non-hydrogen) atoms. The highest BCUT2D eigenvalue weighted by Crippen LogP contribution is 2.18. The van der Waals surface area contributed by atoms with Crippen LogP contribution in [-0.4, -0.2) is 11.7 Å². The van der Waals surface area contributed by atoms with Crippen molar-refractivity contribution in [2.45, 2.75) is 25.7 Å². The highest BCUT2D eigenvalue weighted by Gasteiger charge is 2.09. The Morgan fingerprint density at radius 1 is 0.950 bits per heavy atom. The van der Waals surface area contributed by atoms with Gasteiger partial charge in [0, 0.05) is 11.6 Å². The molecule has 1 nitrogen and oxygen atoms in total. The summed E-state index contributed by atoms with van der Waals surface area (Å²) in [7, 11) is 0. The maximum atomic E-state index is 9.52. The van der Waals surface area contributed by atoms with Gasteiger partial charge in [-0.3, -0.25) is 0 Å². The van der Waals surface area contributed by atoms with Crippen LogP contribution in [0.2, 0.25) is 5.02 Å². The maximum absolute atomic E-state index is 9.52. The lowest BCUT2D eigenvalue weighted by molar-refractivity contribution is 0.216. The summed E-state index contributed by atoms with van der Waals surface area (Å²) in [6.07, 6.45) is 4.12. The van der Waals surface area contributed by atoms with Gasteiger partial charge in [-0.15, -0.1) is 0 Å². The number of hydrogen-bond donors (Lipinski definition) is 1. The fourth-order valence-electron chi connectivity index (χ4n) is 2.49. The standard InChI is InChI=1S/C18H21ClO/c19-18-11-5-9-16(13-18)12-17(14-20)10-4-8-15-6-2-1-3-7-15/h1-3,5-7,9,11,13,17,20H,4,8,10,12,14H2. The Kier molecular flexibility index (Phi) is 6.10. The van der Waals surface area contributed by atoms with Crippen molar-refractivity contribution in [3.05, 3.63) is 70.7 Å². The van der Waals surface area contributed by atoms with Crippen LogP contribution in [0.3, 0.4) is 0 Å². The number of rotatable bonds is 7. The van der Waals surface area contributed by atoms with E-state index in [0.717, 1.165) is 30.7 Å². The maximum Gasteiger partial charge on any atom is 0.0462 e. The summed E-state index contributed by atoms with van der Waals surface area (Å²) in [6.45, 7) is 0.237. The molecular formula is C18H21ClO. The van der Waals surface area contributed by atoms with E-state index in [9.17, 15) is 5.11 Å². The number of benzene rings is 2. The molecule has 0 saturated carbocycles. The van der Waals surface area contributed by atoms with Gasteiger partial charge < -0.3 is 5.11 Å². The van der Waals surface area contributed by atoms with Crippen LogP contribution in [0.1, 0.15) is 24.0 Å². The molecule has 0 aromatic heterocycles. The number of hydrogen-bond acceptors (Lipinski definition) is 1. The van der Waals surface area contributed by atoms with E-state index in [4.69, 9.17) is 11.6 Å². The van der Waals surface area contributed by atoms with Crippen LogP contribution >= 0.6 is 11.6 Å². The van der Waals surface area contributed by atoms with Crippen molar-refractivity contribution in [3.63, 3.8) is 0 Å². The van der Waals surface area contributed by atoms with E-state index in [1.807, 2.05) is 24.3 Å². The van der Waals surface area contributed by atoms with Gasteiger partial charge in [0.1, 0.15) is 0 Å². The molecule has 106 valence electrons. The van der Waals surface area contributed by atoms with Gasteiger partial charge in [0.2, 0.25) is 0 Å². The highest BCUT2D eigenvalue weighted by atomic mass is 35.5. The zero-order chi connectivity index (χ0) is 14.2. The molecule has 0 bridgehead atoms. The third kappa shape index (κ3) is 4.99. The number of aliphatic hydroxyl groups is 1. The molecule has 1 unspecified atom stereocenters. The monoisotopic (exact) mass is 288 g/mol. The predicted octanol–water partition coefficient (Wildman–Crippen LogP) is 4.51. The lowest BCUT2D eigenvalue weighted by Crippen LogP contribution is -2.10. The largest absolute Gasteiger partial charge is 0.396 e. The summed E-state index contributed by atoms with van der Waals surface area (Å²) in [4.78, 5) is 0. The summed E-state index contributed by atoms with van der Waals surface area (Å²) >= 11 is 5.99. The van der Waals surface area contributed by atoms with Gasteiger partial charge in [-0.1, -0.05) is 54.1 Å². The summed E-state index contributed by atoms with van der Waals surface area (Å²) < 4.78 is 0. The van der Waals surface area contributed by atoms with Gasteiger partial charge in [0.05, 0.1) is 0 Å². The van der Waals surface area contributed by atoms with Crippen molar-refractivity contribution in [2.24, 2.45) is 5.92 Å². The van der Waals surface area contributed by atoms with Crippen LogP contribution in [0, 0.1) is 5.92 Å². The Bertz CT molecular complexity index is 510. The molecule has 0 amide bonds.